The second-order valence-corrected chi connectivity index (χ2v) is 5.47. The Kier molecular flexibility index (Phi) is 4.63. The molecule has 110 valence electrons. The summed E-state index contributed by atoms with van der Waals surface area (Å²) in [4.78, 5) is 2.36. The number of nitrogens with zero attached hydrogens (tertiary/aromatic N) is 1. The fourth-order valence-electron chi connectivity index (χ4n) is 2.54. The molecule has 1 fully saturated rings. The van der Waals surface area contributed by atoms with Crippen molar-refractivity contribution in [1.29, 1.82) is 0 Å². The number of morpholine rings is 1. The molecule has 3 rings (SSSR count). The zero-order valence-electron chi connectivity index (χ0n) is 11.9. The van der Waals surface area contributed by atoms with Crippen molar-refractivity contribution in [3.05, 3.63) is 59.1 Å². The molecule has 1 N–H and O–H groups in total. The molecule has 0 unspecified atom stereocenters. The van der Waals surface area contributed by atoms with E-state index < -0.39 is 0 Å². The predicted octanol–water partition coefficient (Wildman–Crippen LogP) is 3.79. The first-order chi connectivity index (χ1) is 10.3. The van der Waals surface area contributed by atoms with Crippen molar-refractivity contribution in [2.75, 3.05) is 36.5 Å². The topological polar surface area (TPSA) is 24.5 Å². The van der Waals surface area contributed by atoms with E-state index >= 15 is 0 Å². The average Bonchev–Trinajstić information content (AvgIpc) is 2.55. The summed E-state index contributed by atoms with van der Waals surface area (Å²) in [6, 6.07) is 16.3. The lowest BCUT2D eigenvalue weighted by molar-refractivity contribution is 0.123. The first kappa shape index (κ1) is 14.2. The molecule has 0 atom stereocenters. The molecule has 1 aliphatic heterocycles. The summed E-state index contributed by atoms with van der Waals surface area (Å²) in [5.74, 6) is 0. The van der Waals surface area contributed by atoms with Crippen LogP contribution in [-0.4, -0.2) is 26.3 Å². The highest BCUT2D eigenvalue weighted by atomic mass is 35.5. The lowest BCUT2D eigenvalue weighted by atomic mass is 10.2. The fourth-order valence-corrected chi connectivity index (χ4v) is 2.74. The number of hydrogen-bond donors (Lipinski definition) is 1. The van der Waals surface area contributed by atoms with Crippen LogP contribution in [0.25, 0.3) is 0 Å². The Balaban J connectivity index is 1.74. The molecule has 1 saturated heterocycles. The zero-order valence-corrected chi connectivity index (χ0v) is 12.6. The molecular weight excluding hydrogens is 284 g/mol. The van der Waals surface area contributed by atoms with Crippen LogP contribution in [-0.2, 0) is 11.3 Å². The van der Waals surface area contributed by atoms with Gasteiger partial charge in [-0.3, -0.25) is 0 Å². The van der Waals surface area contributed by atoms with Crippen molar-refractivity contribution in [2.45, 2.75) is 6.54 Å². The quantitative estimate of drug-likeness (QED) is 0.930. The minimum absolute atomic E-state index is 0.723. The lowest BCUT2D eigenvalue weighted by Crippen LogP contribution is -2.36. The highest BCUT2D eigenvalue weighted by molar-refractivity contribution is 6.31. The summed E-state index contributed by atoms with van der Waals surface area (Å²) in [7, 11) is 0. The number of benzene rings is 2. The summed E-state index contributed by atoms with van der Waals surface area (Å²) >= 11 is 6.21. The van der Waals surface area contributed by atoms with Gasteiger partial charge in [-0.25, -0.2) is 0 Å². The van der Waals surface area contributed by atoms with Gasteiger partial charge in [0.1, 0.15) is 0 Å². The van der Waals surface area contributed by atoms with Gasteiger partial charge in [0.2, 0.25) is 0 Å². The first-order valence-electron chi connectivity index (χ1n) is 7.23. The maximum absolute atomic E-state index is 6.21. The Hall–Kier alpha value is -1.71. The van der Waals surface area contributed by atoms with E-state index in [-0.39, 0.29) is 0 Å². The van der Waals surface area contributed by atoms with Crippen LogP contribution in [0.3, 0.4) is 0 Å². The summed E-state index contributed by atoms with van der Waals surface area (Å²) in [5.41, 5.74) is 3.48. The molecular formula is C17H19ClN2O. The Labute approximate surface area is 130 Å². The molecule has 0 aliphatic carbocycles. The second kappa shape index (κ2) is 6.83. The van der Waals surface area contributed by atoms with Crippen LogP contribution in [0.1, 0.15) is 5.56 Å². The second-order valence-electron chi connectivity index (χ2n) is 5.06. The van der Waals surface area contributed by atoms with Gasteiger partial charge in [0.05, 0.1) is 24.6 Å². The number of hydrogen-bond acceptors (Lipinski definition) is 3. The van der Waals surface area contributed by atoms with Crippen molar-refractivity contribution >= 4 is 23.0 Å². The highest BCUT2D eigenvalue weighted by Gasteiger charge is 2.14. The minimum atomic E-state index is 0.723. The van der Waals surface area contributed by atoms with Crippen molar-refractivity contribution in [2.24, 2.45) is 0 Å². The molecule has 21 heavy (non-hydrogen) atoms. The number of rotatable bonds is 4. The lowest BCUT2D eigenvalue weighted by Gasteiger charge is -2.30. The van der Waals surface area contributed by atoms with Crippen LogP contribution in [0, 0.1) is 0 Å². The Bertz CT molecular complexity index is 597. The van der Waals surface area contributed by atoms with E-state index in [4.69, 9.17) is 16.3 Å². The Morgan fingerprint density at radius 3 is 2.52 bits per heavy atom. The zero-order chi connectivity index (χ0) is 14.5. The third kappa shape index (κ3) is 3.49. The molecule has 0 spiro atoms. The summed E-state index contributed by atoms with van der Waals surface area (Å²) in [5, 5.41) is 4.30. The largest absolute Gasteiger partial charge is 0.379 e. The summed E-state index contributed by atoms with van der Waals surface area (Å²) in [6.07, 6.45) is 0. The standard InChI is InChI=1S/C17H19ClN2O/c18-15-6-2-1-5-14(15)13-19-16-7-3-4-8-17(16)20-9-11-21-12-10-20/h1-8,19H,9-13H2. The third-order valence-electron chi connectivity index (χ3n) is 3.68. The SMILES string of the molecule is Clc1ccccc1CNc1ccccc1N1CCOCC1. The van der Waals surface area contributed by atoms with Gasteiger partial charge in [0.15, 0.2) is 0 Å². The Morgan fingerprint density at radius 2 is 1.71 bits per heavy atom. The van der Waals surface area contributed by atoms with Gasteiger partial charge in [0, 0.05) is 24.7 Å². The number of nitrogens with one attached hydrogen (secondary N) is 1. The third-order valence-corrected chi connectivity index (χ3v) is 4.05. The minimum Gasteiger partial charge on any atom is -0.379 e. The summed E-state index contributed by atoms with van der Waals surface area (Å²) in [6.45, 7) is 4.17. The number of halogens is 1. The molecule has 0 amide bonds. The van der Waals surface area contributed by atoms with E-state index in [1.807, 2.05) is 24.3 Å². The fraction of sp³-hybridized carbons (Fsp3) is 0.294. The number of ether oxygens (including phenoxy) is 1. The van der Waals surface area contributed by atoms with E-state index in [0.29, 0.717) is 0 Å². The molecule has 0 saturated carbocycles. The molecule has 0 bridgehead atoms. The van der Waals surface area contributed by atoms with Crippen molar-refractivity contribution in [1.82, 2.24) is 0 Å². The van der Waals surface area contributed by atoms with Crippen molar-refractivity contribution < 1.29 is 4.74 Å². The average molecular weight is 303 g/mol. The van der Waals surface area contributed by atoms with Crippen molar-refractivity contribution in [3.63, 3.8) is 0 Å². The monoisotopic (exact) mass is 302 g/mol. The van der Waals surface area contributed by atoms with Crippen LogP contribution in [0.2, 0.25) is 5.02 Å². The van der Waals surface area contributed by atoms with Gasteiger partial charge in [0.25, 0.3) is 0 Å². The molecule has 4 heteroatoms. The number of para-hydroxylation sites is 2. The van der Waals surface area contributed by atoms with Gasteiger partial charge >= 0.3 is 0 Å². The molecule has 1 aliphatic rings. The Morgan fingerprint density at radius 1 is 1.00 bits per heavy atom. The van der Waals surface area contributed by atoms with Gasteiger partial charge < -0.3 is 15.0 Å². The molecule has 2 aromatic rings. The maximum atomic E-state index is 6.21. The van der Waals surface area contributed by atoms with Gasteiger partial charge in [-0.1, -0.05) is 41.9 Å². The number of anilines is 2. The van der Waals surface area contributed by atoms with Crippen molar-refractivity contribution in [3.8, 4) is 0 Å². The van der Waals surface area contributed by atoms with E-state index in [1.165, 1.54) is 5.69 Å². The maximum Gasteiger partial charge on any atom is 0.0642 e. The van der Waals surface area contributed by atoms with Crippen LogP contribution in [0.4, 0.5) is 11.4 Å². The van der Waals surface area contributed by atoms with E-state index in [9.17, 15) is 0 Å². The first-order valence-corrected chi connectivity index (χ1v) is 7.61. The van der Waals surface area contributed by atoms with Gasteiger partial charge in [-0.2, -0.15) is 0 Å². The van der Waals surface area contributed by atoms with Crippen LogP contribution in [0.15, 0.2) is 48.5 Å². The predicted molar refractivity (Wildman–Crippen MR) is 88.3 cm³/mol. The summed E-state index contributed by atoms with van der Waals surface area (Å²) < 4.78 is 5.43. The van der Waals surface area contributed by atoms with Crippen LogP contribution >= 0.6 is 11.6 Å². The van der Waals surface area contributed by atoms with E-state index in [2.05, 4.69) is 34.5 Å². The molecule has 3 nitrogen and oxygen atoms in total. The van der Waals surface area contributed by atoms with E-state index in [1.54, 1.807) is 0 Å². The van der Waals surface area contributed by atoms with Crippen LogP contribution in [0.5, 0.6) is 0 Å². The molecule has 1 heterocycles. The molecule has 2 aromatic carbocycles. The highest BCUT2D eigenvalue weighted by Crippen LogP contribution is 2.27. The molecule has 0 radical (unpaired) electrons. The van der Waals surface area contributed by atoms with Gasteiger partial charge in [-0.05, 0) is 23.8 Å². The normalized spacial score (nSPS) is 15.0. The molecule has 0 aromatic heterocycles. The smallest absolute Gasteiger partial charge is 0.0642 e. The van der Waals surface area contributed by atoms with Gasteiger partial charge in [-0.15, -0.1) is 0 Å². The van der Waals surface area contributed by atoms with Crippen LogP contribution < -0.4 is 10.2 Å². The van der Waals surface area contributed by atoms with E-state index in [0.717, 1.165) is 49.1 Å².